The van der Waals surface area contributed by atoms with E-state index < -0.39 is 0 Å². The average molecular weight is 235 g/mol. The van der Waals surface area contributed by atoms with Crippen LogP contribution in [0.1, 0.15) is 38.4 Å². The van der Waals surface area contributed by atoms with Crippen LogP contribution in [0, 0.1) is 5.82 Å². The van der Waals surface area contributed by atoms with Gasteiger partial charge in [-0.25, -0.2) is 4.39 Å². The molecular weight excluding hydrogens is 217 g/mol. The Hall–Kier alpha value is -1.35. The monoisotopic (exact) mass is 235 g/mol. The van der Waals surface area contributed by atoms with Crippen molar-refractivity contribution in [3.63, 3.8) is 0 Å². The highest BCUT2D eigenvalue weighted by Crippen LogP contribution is 2.29. The quantitative estimate of drug-likeness (QED) is 0.866. The molecule has 0 radical (unpaired) electrons. The number of aliphatic hydroxyl groups is 1. The van der Waals surface area contributed by atoms with E-state index in [0.29, 0.717) is 6.04 Å². The van der Waals surface area contributed by atoms with E-state index >= 15 is 0 Å². The molecule has 2 nitrogen and oxygen atoms in total. The fourth-order valence-corrected chi connectivity index (χ4v) is 2.28. The number of rotatable bonds is 3. The predicted molar refractivity (Wildman–Crippen MR) is 67.8 cm³/mol. The molecule has 0 aliphatic carbocycles. The Kier molecular flexibility index (Phi) is 3.20. The Morgan fingerprint density at radius 2 is 1.94 bits per heavy atom. The smallest absolute Gasteiger partial charge is 0.123 e. The van der Waals surface area contributed by atoms with Gasteiger partial charge in [-0.05, 0) is 38.1 Å². The summed E-state index contributed by atoms with van der Waals surface area (Å²) in [4.78, 5) is 0. The van der Waals surface area contributed by atoms with Gasteiger partial charge >= 0.3 is 0 Å². The maximum atomic E-state index is 13.2. The number of aliphatic hydroxyl groups excluding tert-OH is 1. The van der Waals surface area contributed by atoms with E-state index in [-0.39, 0.29) is 18.3 Å². The van der Waals surface area contributed by atoms with Gasteiger partial charge in [0.15, 0.2) is 0 Å². The molecule has 1 aromatic carbocycles. The van der Waals surface area contributed by atoms with Gasteiger partial charge in [0.05, 0.1) is 6.61 Å². The number of fused-ring (bicyclic) bond motifs is 1. The number of hydrogen-bond donors (Lipinski definition) is 1. The van der Waals surface area contributed by atoms with Gasteiger partial charge in [0, 0.05) is 28.6 Å². The molecule has 0 fully saturated rings. The van der Waals surface area contributed by atoms with Gasteiger partial charge in [-0.3, -0.25) is 0 Å². The second-order valence-electron chi connectivity index (χ2n) is 4.82. The third-order valence-electron chi connectivity index (χ3n) is 3.13. The highest BCUT2D eigenvalue weighted by atomic mass is 19.1. The zero-order valence-electron chi connectivity index (χ0n) is 10.4. The standard InChI is InChI=1S/C14H18FNO/c1-9(2)16-13-5-4-12(15)6-11(13)7-14(16)10(3)8-17/h4-7,9-10,17H,8H2,1-3H3. The van der Waals surface area contributed by atoms with Crippen LogP contribution in [0.25, 0.3) is 10.9 Å². The van der Waals surface area contributed by atoms with Crippen molar-refractivity contribution < 1.29 is 9.50 Å². The lowest BCUT2D eigenvalue weighted by molar-refractivity contribution is 0.268. The maximum Gasteiger partial charge on any atom is 0.123 e. The molecule has 92 valence electrons. The largest absolute Gasteiger partial charge is 0.396 e. The van der Waals surface area contributed by atoms with Gasteiger partial charge in [0.1, 0.15) is 5.82 Å². The average Bonchev–Trinajstić information content (AvgIpc) is 2.66. The molecule has 3 heteroatoms. The molecule has 1 atom stereocenters. The molecule has 0 saturated carbocycles. The van der Waals surface area contributed by atoms with Crippen molar-refractivity contribution in [1.82, 2.24) is 4.57 Å². The Morgan fingerprint density at radius 1 is 1.24 bits per heavy atom. The normalized spacial score (nSPS) is 13.5. The number of hydrogen-bond acceptors (Lipinski definition) is 1. The van der Waals surface area contributed by atoms with Crippen molar-refractivity contribution in [2.75, 3.05) is 6.61 Å². The lowest BCUT2D eigenvalue weighted by Crippen LogP contribution is -2.10. The lowest BCUT2D eigenvalue weighted by atomic mass is 10.1. The van der Waals surface area contributed by atoms with Crippen molar-refractivity contribution in [3.05, 3.63) is 35.8 Å². The number of halogens is 1. The summed E-state index contributed by atoms with van der Waals surface area (Å²) in [5.74, 6) is -0.158. The topological polar surface area (TPSA) is 25.2 Å². The summed E-state index contributed by atoms with van der Waals surface area (Å²) >= 11 is 0. The highest BCUT2D eigenvalue weighted by Gasteiger charge is 2.16. The first-order chi connectivity index (χ1) is 8.04. The predicted octanol–water partition coefficient (Wildman–Crippen LogP) is 3.46. The molecule has 1 unspecified atom stereocenters. The second kappa shape index (κ2) is 4.49. The van der Waals surface area contributed by atoms with Gasteiger partial charge in [-0.15, -0.1) is 0 Å². The number of benzene rings is 1. The van der Waals surface area contributed by atoms with Crippen molar-refractivity contribution >= 4 is 10.9 Å². The summed E-state index contributed by atoms with van der Waals surface area (Å²) < 4.78 is 15.4. The Bertz CT molecular complexity index is 530. The van der Waals surface area contributed by atoms with Crippen molar-refractivity contribution in [3.8, 4) is 0 Å². The summed E-state index contributed by atoms with van der Waals surface area (Å²) in [7, 11) is 0. The molecule has 1 N–H and O–H groups in total. The van der Waals surface area contributed by atoms with E-state index in [0.717, 1.165) is 16.6 Å². The Labute approximate surface area is 101 Å². The zero-order chi connectivity index (χ0) is 12.6. The molecule has 0 saturated heterocycles. The first-order valence-corrected chi connectivity index (χ1v) is 5.95. The van der Waals surface area contributed by atoms with Crippen LogP contribution in [0.4, 0.5) is 4.39 Å². The van der Waals surface area contributed by atoms with E-state index in [9.17, 15) is 9.50 Å². The zero-order valence-corrected chi connectivity index (χ0v) is 10.4. The minimum atomic E-state index is -0.221. The van der Waals surface area contributed by atoms with Crippen molar-refractivity contribution in [2.45, 2.75) is 32.7 Å². The van der Waals surface area contributed by atoms with Crippen LogP contribution in [0.15, 0.2) is 24.3 Å². The van der Waals surface area contributed by atoms with Gasteiger partial charge < -0.3 is 9.67 Å². The minimum absolute atomic E-state index is 0.0628. The molecule has 0 spiro atoms. The number of aromatic nitrogens is 1. The molecule has 1 aromatic heterocycles. The van der Waals surface area contributed by atoms with Crippen molar-refractivity contribution in [2.24, 2.45) is 0 Å². The summed E-state index contributed by atoms with van der Waals surface area (Å²) in [6, 6.07) is 7.09. The highest BCUT2D eigenvalue weighted by molar-refractivity contribution is 5.81. The van der Waals surface area contributed by atoms with Gasteiger partial charge in [0.25, 0.3) is 0 Å². The molecule has 1 heterocycles. The third-order valence-corrected chi connectivity index (χ3v) is 3.13. The van der Waals surface area contributed by atoms with E-state index in [1.807, 2.05) is 13.0 Å². The molecule has 0 aliphatic heterocycles. The molecule has 0 aliphatic rings. The first kappa shape index (κ1) is 12.1. The fourth-order valence-electron chi connectivity index (χ4n) is 2.28. The molecule has 17 heavy (non-hydrogen) atoms. The summed E-state index contributed by atoms with van der Waals surface area (Å²) in [6.45, 7) is 6.27. The lowest BCUT2D eigenvalue weighted by Gasteiger charge is -2.17. The summed E-state index contributed by atoms with van der Waals surface area (Å²) in [5.41, 5.74) is 2.08. The van der Waals surface area contributed by atoms with Crippen LogP contribution in [0.2, 0.25) is 0 Å². The summed E-state index contributed by atoms with van der Waals surface area (Å²) in [5, 5.41) is 10.2. The Morgan fingerprint density at radius 3 is 2.53 bits per heavy atom. The van der Waals surface area contributed by atoms with Crippen LogP contribution in [0.5, 0.6) is 0 Å². The molecule has 0 bridgehead atoms. The van der Waals surface area contributed by atoms with Gasteiger partial charge in [-0.2, -0.15) is 0 Å². The summed E-state index contributed by atoms with van der Waals surface area (Å²) in [6.07, 6.45) is 0. The van der Waals surface area contributed by atoms with E-state index in [1.165, 1.54) is 6.07 Å². The fraction of sp³-hybridized carbons (Fsp3) is 0.429. The molecule has 2 aromatic rings. The molecule has 0 amide bonds. The molecule has 2 rings (SSSR count). The SMILES string of the molecule is CC(CO)c1cc2cc(F)ccc2n1C(C)C. The number of nitrogens with zero attached hydrogens (tertiary/aromatic N) is 1. The van der Waals surface area contributed by atoms with Crippen LogP contribution in [-0.4, -0.2) is 16.3 Å². The van der Waals surface area contributed by atoms with Gasteiger partial charge in [-0.1, -0.05) is 6.92 Å². The Balaban J connectivity index is 2.70. The van der Waals surface area contributed by atoms with E-state index in [4.69, 9.17) is 0 Å². The van der Waals surface area contributed by atoms with Crippen molar-refractivity contribution in [1.29, 1.82) is 0 Å². The van der Waals surface area contributed by atoms with Crippen LogP contribution in [0.3, 0.4) is 0 Å². The van der Waals surface area contributed by atoms with Crippen LogP contribution < -0.4 is 0 Å². The van der Waals surface area contributed by atoms with E-state index in [2.05, 4.69) is 18.4 Å². The first-order valence-electron chi connectivity index (χ1n) is 5.95. The third kappa shape index (κ3) is 2.07. The van der Waals surface area contributed by atoms with Crippen LogP contribution in [-0.2, 0) is 0 Å². The van der Waals surface area contributed by atoms with Crippen LogP contribution >= 0.6 is 0 Å². The molecular formula is C14H18FNO. The van der Waals surface area contributed by atoms with E-state index in [1.54, 1.807) is 12.1 Å². The maximum absolute atomic E-state index is 13.2. The van der Waals surface area contributed by atoms with Gasteiger partial charge in [0.2, 0.25) is 0 Å². The minimum Gasteiger partial charge on any atom is -0.396 e. The second-order valence-corrected chi connectivity index (χ2v) is 4.82.